The van der Waals surface area contributed by atoms with E-state index in [4.69, 9.17) is 4.74 Å². The van der Waals surface area contributed by atoms with Crippen LogP contribution in [0.3, 0.4) is 0 Å². The highest BCUT2D eigenvalue weighted by molar-refractivity contribution is 5.46. The third-order valence-electron chi connectivity index (χ3n) is 4.97. The van der Waals surface area contributed by atoms with Crippen LogP contribution in [0.1, 0.15) is 31.2 Å². The molecule has 1 saturated carbocycles. The summed E-state index contributed by atoms with van der Waals surface area (Å²) in [6.07, 6.45) is 4.93. The maximum atomic E-state index is 9.50. The van der Waals surface area contributed by atoms with Gasteiger partial charge in [-0.1, -0.05) is 43.2 Å². The number of nitrogens with one attached hydrogen (secondary N) is 1. The molecule has 3 heteroatoms. The van der Waals surface area contributed by atoms with Gasteiger partial charge in [-0.15, -0.1) is 0 Å². The SMILES string of the molecule is OCC1CCCCC1CNc1ccc(OCc2ccccc2)cc1. The lowest BCUT2D eigenvalue weighted by molar-refractivity contribution is 0.141. The largest absolute Gasteiger partial charge is 0.489 e. The van der Waals surface area contributed by atoms with Crippen molar-refractivity contribution in [2.75, 3.05) is 18.5 Å². The molecule has 2 atom stereocenters. The Morgan fingerprint density at radius 2 is 1.62 bits per heavy atom. The molecular formula is C21H27NO2. The van der Waals surface area contributed by atoms with Gasteiger partial charge >= 0.3 is 0 Å². The number of aliphatic hydroxyl groups excluding tert-OH is 1. The van der Waals surface area contributed by atoms with Gasteiger partial charge in [0, 0.05) is 18.8 Å². The van der Waals surface area contributed by atoms with Crippen LogP contribution in [0.15, 0.2) is 54.6 Å². The van der Waals surface area contributed by atoms with Crippen molar-refractivity contribution in [1.29, 1.82) is 0 Å². The van der Waals surface area contributed by atoms with Crippen LogP contribution in [0.4, 0.5) is 5.69 Å². The molecule has 2 aromatic carbocycles. The highest BCUT2D eigenvalue weighted by Gasteiger charge is 2.23. The summed E-state index contributed by atoms with van der Waals surface area (Å²) < 4.78 is 5.82. The Balaban J connectivity index is 1.47. The summed E-state index contributed by atoms with van der Waals surface area (Å²) in [4.78, 5) is 0. The van der Waals surface area contributed by atoms with Crippen molar-refractivity contribution in [1.82, 2.24) is 0 Å². The minimum atomic E-state index is 0.318. The van der Waals surface area contributed by atoms with Gasteiger partial charge in [-0.3, -0.25) is 0 Å². The maximum Gasteiger partial charge on any atom is 0.119 e. The van der Waals surface area contributed by atoms with Crippen molar-refractivity contribution in [3.8, 4) is 5.75 Å². The van der Waals surface area contributed by atoms with Crippen LogP contribution in [0, 0.1) is 11.8 Å². The lowest BCUT2D eigenvalue weighted by Crippen LogP contribution is -2.28. The molecule has 0 saturated heterocycles. The van der Waals surface area contributed by atoms with Crippen molar-refractivity contribution < 1.29 is 9.84 Å². The minimum Gasteiger partial charge on any atom is -0.489 e. The van der Waals surface area contributed by atoms with Gasteiger partial charge in [0.1, 0.15) is 12.4 Å². The molecule has 0 amide bonds. The van der Waals surface area contributed by atoms with Crippen molar-refractivity contribution in [2.24, 2.45) is 11.8 Å². The number of benzene rings is 2. The predicted octanol–water partition coefficient (Wildman–Crippen LogP) is 4.48. The maximum absolute atomic E-state index is 9.50. The second-order valence-electron chi connectivity index (χ2n) is 6.67. The van der Waals surface area contributed by atoms with Crippen LogP contribution < -0.4 is 10.1 Å². The molecule has 0 aliphatic heterocycles. The van der Waals surface area contributed by atoms with Crippen molar-refractivity contribution >= 4 is 5.69 Å². The monoisotopic (exact) mass is 325 g/mol. The zero-order chi connectivity index (χ0) is 16.6. The van der Waals surface area contributed by atoms with Gasteiger partial charge in [-0.2, -0.15) is 0 Å². The Morgan fingerprint density at radius 1 is 0.917 bits per heavy atom. The lowest BCUT2D eigenvalue weighted by atomic mass is 9.79. The molecule has 0 spiro atoms. The highest BCUT2D eigenvalue weighted by atomic mass is 16.5. The zero-order valence-electron chi connectivity index (χ0n) is 14.2. The van der Waals surface area contributed by atoms with Gasteiger partial charge in [0.2, 0.25) is 0 Å². The molecule has 1 aliphatic rings. The Bertz CT molecular complexity index is 597. The molecule has 1 aliphatic carbocycles. The third kappa shape index (κ3) is 4.75. The fourth-order valence-electron chi connectivity index (χ4n) is 3.45. The van der Waals surface area contributed by atoms with Gasteiger partial charge in [0.15, 0.2) is 0 Å². The first-order chi connectivity index (χ1) is 11.8. The Morgan fingerprint density at radius 3 is 2.33 bits per heavy atom. The van der Waals surface area contributed by atoms with E-state index in [0.29, 0.717) is 25.0 Å². The summed E-state index contributed by atoms with van der Waals surface area (Å²) in [6, 6.07) is 18.3. The summed E-state index contributed by atoms with van der Waals surface area (Å²) in [5.74, 6) is 1.92. The lowest BCUT2D eigenvalue weighted by Gasteiger charge is -2.30. The minimum absolute atomic E-state index is 0.318. The smallest absolute Gasteiger partial charge is 0.119 e. The van der Waals surface area contributed by atoms with E-state index < -0.39 is 0 Å². The molecule has 1 fully saturated rings. The molecule has 0 aromatic heterocycles. The van der Waals surface area contributed by atoms with Crippen molar-refractivity contribution in [3.63, 3.8) is 0 Å². The van der Waals surface area contributed by atoms with Crippen molar-refractivity contribution in [2.45, 2.75) is 32.3 Å². The number of aliphatic hydroxyl groups is 1. The average molecular weight is 325 g/mol. The molecule has 3 rings (SSSR count). The highest BCUT2D eigenvalue weighted by Crippen LogP contribution is 2.30. The molecule has 2 N–H and O–H groups in total. The molecule has 2 unspecified atom stereocenters. The van der Waals surface area contributed by atoms with E-state index in [-0.39, 0.29) is 0 Å². The summed E-state index contributed by atoms with van der Waals surface area (Å²) in [6.45, 7) is 1.85. The number of hydrogen-bond acceptors (Lipinski definition) is 3. The number of ether oxygens (including phenoxy) is 1. The first-order valence-corrected chi connectivity index (χ1v) is 8.96. The molecule has 24 heavy (non-hydrogen) atoms. The molecular weight excluding hydrogens is 298 g/mol. The van der Waals surface area contributed by atoms with Crippen LogP contribution in [0.5, 0.6) is 5.75 Å². The standard InChI is InChI=1S/C21H27NO2/c23-15-19-9-5-4-8-18(19)14-22-20-10-12-21(13-11-20)24-16-17-6-2-1-3-7-17/h1-3,6-7,10-13,18-19,22-23H,4-5,8-9,14-16H2. The number of hydrogen-bond donors (Lipinski definition) is 2. The van der Waals surface area contributed by atoms with Crippen LogP contribution >= 0.6 is 0 Å². The number of anilines is 1. The van der Waals surface area contributed by atoms with Crippen LogP contribution in [-0.4, -0.2) is 18.3 Å². The summed E-state index contributed by atoms with van der Waals surface area (Å²) in [5, 5.41) is 13.0. The molecule has 0 heterocycles. The summed E-state index contributed by atoms with van der Waals surface area (Å²) in [5.41, 5.74) is 2.29. The molecule has 0 bridgehead atoms. The topological polar surface area (TPSA) is 41.5 Å². The molecule has 0 radical (unpaired) electrons. The van der Waals surface area contributed by atoms with E-state index in [9.17, 15) is 5.11 Å². The predicted molar refractivity (Wildman–Crippen MR) is 98.2 cm³/mol. The second kappa shape index (κ2) is 8.74. The Hall–Kier alpha value is -2.00. The van der Waals surface area contributed by atoms with Crippen LogP contribution in [-0.2, 0) is 6.61 Å². The van der Waals surface area contributed by atoms with Crippen molar-refractivity contribution in [3.05, 3.63) is 60.2 Å². The van der Waals surface area contributed by atoms with E-state index in [1.54, 1.807) is 0 Å². The first kappa shape index (κ1) is 16.8. The molecule has 3 nitrogen and oxygen atoms in total. The number of rotatable bonds is 7. The average Bonchev–Trinajstić information content (AvgIpc) is 2.66. The fraction of sp³-hybridized carbons (Fsp3) is 0.429. The quantitative estimate of drug-likeness (QED) is 0.789. The van der Waals surface area contributed by atoms with E-state index in [1.807, 2.05) is 30.3 Å². The van der Waals surface area contributed by atoms with Gasteiger partial charge < -0.3 is 15.2 Å². The second-order valence-corrected chi connectivity index (χ2v) is 6.67. The zero-order valence-corrected chi connectivity index (χ0v) is 14.2. The fourth-order valence-corrected chi connectivity index (χ4v) is 3.45. The van der Waals surface area contributed by atoms with Gasteiger partial charge in [-0.05, 0) is 54.5 Å². The van der Waals surface area contributed by atoms with E-state index >= 15 is 0 Å². The first-order valence-electron chi connectivity index (χ1n) is 8.96. The normalized spacial score (nSPS) is 20.5. The third-order valence-corrected chi connectivity index (χ3v) is 4.97. The van der Waals surface area contributed by atoms with E-state index in [0.717, 1.165) is 24.4 Å². The van der Waals surface area contributed by atoms with Gasteiger partial charge in [0.25, 0.3) is 0 Å². The Labute approximate surface area is 144 Å². The van der Waals surface area contributed by atoms with E-state index in [2.05, 4.69) is 29.6 Å². The van der Waals surface area contributed by atoms with Gasteiger partial charge in [-0.25, -0.2) is 0 Å². The Kier molecular flexibility index (Phi) is 6.13. The molecule has 2 aromatic rings. The summed E-state index contributed by atoms with van der Waals surface area (Å²) >= 11 is 0. The van der Waals surface area contributed by atoms with Gasteiger partial charge in [0.05, 0.1) is 0 Å². The van der Waals surface area contributed by atoms with Crippen LogP contribution in [0.2, 0.25) is 0 Å². The van der Waals surface area contributed by atoms with Crippen LogP contribution in [0.25, 0.3) is 0 Å². The van der Waals surface area contributed by atoms with E-state index in [1.165, 1.54) is 24.8 Å². The summed E-state index contributed by atoms with van der Waals surface area (Å²) in [7, 11) is 0. The molecule has 128 valence electrons.